The maximum Gasteiger partial charge on any atom is 0.322 e. The Bertz CT molecular complexity index is 530. The second-order valence-corrected chi connectivity index (χ2v) is 5.30. The van der Waals surface area contributed by atoms with Gasteiger partial charge in [-0.2, -0.15) is 0 Å². The highest BCUT2D eigenvalue weighted by Gasteiger charge is 2.30. The molecule has 1 aromatic rings. The maximum absolute atomic E-state index is 11.6. The smallest absolute Gasteiger partial charge is 0.322 e. The van der Waals surface area contributed by atoms with Crippen molar-refractivity contribution in [3.05, 3.63) is 12.4 Å². The summed E-state index contributed by atoms with van der Waals surface area (Å²) in [6, 6.07) is -1.33. The Morgan fingerprint density at radius 1 is 1.55 bits per heavy atom. The number of thioether (sulfide) groups is 1. The van der Waals surface area contributed by atoms with E-state index < -0.39 is 18.0 Å². The quantitative estimate of drug-likeness (QED) is 0.363. The Kier molecular flexibility index (Phi) is 4.61. The molecule has 1 aliphatic heterocycles. The molecular weight excluding hydrogens is 282 g/mol. The van der Waals surface area contributed by atoms with Gasteiger partial charge in [0.1, 0.15) is 6.04 Å². The van der Waals surface area contributed by atoms with Crippen molar-refractivity contribution >= 4 is 29.6 Å². The lowest BCUT2D eigenvalue weighted by Gasteiger charge is -2.08. The third kappa shape index (κ3) is 3.73. The minimum Gasteiger partial charge on any atom is -0.355 e. The van der Waals surface area contributed by atoms with E-state index in [9.17, 15) is 14.4 Å². The first-order valence-electron chi connectivity index (χ1n) is 6.04. The third-order valence-electron chi connectivity index (χ3n) is 2.68. The first kappa shape index (κ1) is 14.4. The van der Waals surface area contributed by atoms with E-state index in [4.69, 9.17) is 0 Å². The van der Waals surface area contributed by atoms with Gasteiger partial charge in [0.2, 0.25) is 5.91 Å². The topological polar surface area (TPSA) is 105 Å². The number of hydrogen-bond donors (Lipinski definition) is 3. The molecule has 0 aromatic carbocycles. The Labute approximate surface area is 119 Å². The summed E-state index contributed by atoms with van der Waals surface area (Å²) in [5.41, 5.74) is 0. The van der Waals surface area contributed by atoms with Crippen LogP contribution in [0.4, 0.5) is 4.79 Å². The first-order valence-corrected chi connectivity index (χ1v) is 7.03. The molecule has 1 fully saturated rings. The number of amides is 4. The maximum atomic E-state index is 11.6. The van der Waals surface area contributed by atoms with Gasteiger partial charge in [-0.1, -0.05) is 11.8 Å². The molecule has 20 heavy (non-hydrogen) atoms. The van der Waals surface area contributed by atoms with Gasteiger partial charge in [-0.05, 0) is 0 Å². The van der Waals surface area contributed by atoms with Crippen molar-refractivity contribution in [1.82, 2.24) is 25.5 Å². The summed E-state index contributed by atoms with van der Waals surface area (Å²) in [6.07, 6.45) is 3.51. The van der Waals surface area contributed by atoms with Crippen LogP contribution in [0.2, 0.25) is 0 Å². The third-order valence-corrected chi connectivity index (χ3v) is 3.74. The predicted octanol–water partition coefficient (Wildman–Crippen LogP) is -0.773. The van der Waals surface area contributed by atoms with E-state index in [2.05, 4.69) is 20.9 Å². The van der Waals surface area contributed by atoms with E-state index in [1.165, 1.54) is 11.8 Å². The zero-order chi connectivity index (χ0) is 14.5. The summed E-state index contributed by atoms with van der Waals surface area (Å²) in [6.45, 7) is 0.471. The van der Waals surface area contributed by atoms with Crippen molar-refractivity contribution in [2.75, 3.05) is 12.3 Å². The zero-order valence-corrected chi connectivity index (χ0v) is 11.7. The van der Waals surface area contributed by atoms with Crippen molar-refractivity contribution in [3.8, 4) is 0 Å². The summed E-state index contributed by atoms with van der Waals surface area (Å²) in [5, 5.41) is 8.03. The second-order valence-electron chi connectivity index (χ2n) is 4.24. The largest absolute Gasteiger partial charge is 0.355 e. The molecule has 1 unspecified atom stereocenters. The molecule has 0 radical (unpaired) electrons. The van der Waals surface area contributed by atoms with Gasteiger partial charge in [0.05, 0.1) is 6.42 Å². The Hall–Kier alpha value is -2.03. The molecule has 1 aliphatic rings. The van der Waals surface area contributed by atoms with Crippen LogP contribution in [0, 0.1) is 0 Å². The van der Waals surface area contributed by atoms with Crippen LogP contribution < -0.4 is 16.0 Å². The van der Waals surface area contributed by atoms with Crippen molar-refractivity contribution < 1.29 is 14.4 Å². The Morgan fingerprint density at radius 3 is 2.95 bits per heavy atom. The number of aromatic nitrogens is 2. The van der Waals surface area contributed by atoms with Crippen molar-refractivity contribution in [1.29, 1.82) is 0 Å². The number of hydrogen-bond acceptors (Lipinski definition) is 5. The van der Waals surface area contributed by atoms with Gasteiger partial charge in [-0.3, -0.25) is 14.9 Å². The van der Waals surface area contributed by atoms with E-state index in [-0.39, 0.29) is 12.3 Å². The summed E-state index contributed by atoms with van der Waals surface area (Å²) in [7, 11) is 1.90. The van der Waals surface area contributed by atoms with E-state index in [0.29, 0.717) is 12.3 Å². The van der Waals surface area contributed by atoms with E-state index >= 15 is 0 Å². The average molecular weight is 297 g/mol. The normalized spacial score (nSPS) is 17.8. The summed E-state index contributed by atoms with van der Waals surface area (Å²) < 4.78 is 1.89. The molecular formula is C11H15N5O3S. The lowest BCUT2D eigenvalue weighted by molar-refractivity contribution is -0.126. The van der Waals surface area contributed by atoms with Crippen LogP contribution in [0.15, 0.2) is 17.6 Å². The van der Waals surface area contributed by atoms with Crippen molar-refractivity contribution in [3.63, 3.8) is 0 Å². The number of urea groups is 1. The summed E-state index contributed by atoms with van der Waals surface area (Å²) >= 11 is 1.53. The predicted molar refractivity (Wildman–Crippen MR) is 72.0 cm³/mol. The van der Waals surface area contributed by atoms with Crippen LogP contribution in [-0.4, -0.2) is 45.7 Å². The van der Waals surface area contributed by atoms with Gasteiger partial charge in [-0.25, -0.2) is 9.78 Å². The van der Waals surface area contributed by atoms with E-state index in [1.807, 2.05) is 17.8 Å². The van der Waals surface area contributed by atoms with Crippen LogP contribution in [0.1, 0.15) is 6.42 Å². The van der Waals surface area contributed by atoms with Gasteiger partial charge in [0.25, 0.3) is 5.91 Å². The number of nitrogens with zero attached hydrogens (tertiary/aromatic N) is 2. The average Bonchev–Trinajstić information content (AvgIpc) is 2.92. The molecule has 0 saturated carbocycles. The minimum absolute atomic E-state index is 0.0509. The number of carbonyl (C=O) groups is 3. The highest BCUT2D eigenvalue weighted by atomic mass is 32.2. The summed E-state index contributed by atoms with van der Waals surface area (Å²) in [4.78, 5) is 37.9. The molecule has 9 heteroatoms. The molecule has 2 rings (SSSR count). The number of nitrogens with one attached hydrogen (secondary N) is 3. The molecule has 1 aromatic heterocycles. The Balaban J connectivity index is 1.64. The van der Waals surface area contributed by atoms with Gasteiger partial charge in [-0.15, -0.1) is 0 Å². The molecule has 0 aliphatic carbocycles. The fourth-order valence-electron chi connectivity index (χ4n) is 1.68. The molecule has 0 spiro atoms. The monoisotopic (exact) mass is 297 g/mol. The molecule has 3 N–H and O–H groups in total. The number of imide groups is 1. The summed E-state index contributed by atoms with van der Waals surface area (Å²) in [5.74, 6) is -0.0554. The first-order chi connectivity index (χ1) is 9.56. The van der Waals surface area contributed by atoms with Gasteiger partial charge in [0.15, 0.2) is 5.16 Å². The molecule has 0 bridgehead atoms. The van der Waals surface area contributed by atoms with Gasteiger partial charge in [0, 0.05) is 31.7 Å². The molecule has 8 nitrogen and oxygen atoms in total. The standard InChI is InChI=1S/C11H15N5O3S/c1-16-4-2-13-11(16)20-5-3-12-8(17)6-7-9(18)15-10(19)14-7/h2,4,7H,3,5-6H2,1H3,(H,12,17)(H2,14,15,18,19). The molecule has 2 heterocycles. The highest BCUT2D eigenvalue weighted by molar-refractivity contribution is 7.99. The zero-order valence-electron chi connectivity index (χ0n) is 10.9. The van der Waals surface area contributed by atoms with Crippen LogP contribution in [0.3, 0.4) is 0 Å². The lowest BCUT2D eigenvalue weighted by atomic mass is 10.2. The van der Waals surface area contributed by atoms with Crippen LogP contribution in [0.25, 0.3) is 0 Å². The molecule has 108 valence electrons. The minimum atomic E-state index is -0.773. The van der Waals surface area contributed by atoms with Crippen molar-refractivity contribution in [2.45, 2.75) is 17.6 Å². The number of imidazole rings is 1. The Morgan fingerprint density at radius 2 is 2.35 bits per heavy atom. The fourth-order valence-corrected chi connectivity index (χ4v) is 2.47. The highest BCUT2D eigenvalue weighted by Crippen LogP contribution is 2.12. The molecule has 1 atom stereocenters. The number of carbonyl (C=O) groups excluding carboxylic acids is 3. The van der Waals surface area contributed by atoms with Crippen LogP contribution in [-0.2, 0) is 16.6 Å². The van der Waals surface area contributed by atoms with Crippen LogP contribution in [0.5, 0.6) is 0 Å². The fraction of sp³-hybridized carbons (Fsp3) is 0.455. The lowest BCUT2D eigenvalue weighted by Crippen LogP contribution is -2.36. The molecule has 1 saturated heterocycles. The van der Waals surface area contributed by atoms with E-state index in [0.717, 1.165) is 5.16 Å². The van der Waals surface area contributed by atoms with E-state index in [1.54, 1.807) is 6.20 Å². The van der Waals surface area contributed by atoms with Crippen LogP contribution >= 0.6 is 11.8 Å². The van der Waals surface area contributed by atoms with Gasteiger partial charge < -0.3 is 15.2 Å². The molecule has 4 amide bonds. The number of rotatable bonds is 6. The second kappa shape index (κ2) is 6.42. The SMILES string of the molecule is Cn1ccnc1SCCNC(=O)CC1NC(=O)NC1=O. The number of aryl methyl sites for hydroxylation is 1. The van der Waals surface area contributed by atoms with Gasteiger partial charge >= 0.3 is 6.03 Å². The van der Waals surface area contributed by atoms with Crippen molar-refractivity contribution in [2.24, 2.45) is 7.05 Å².